The van der Waals surface area contributed by atoms with Crippen LogP contribution in [0.4, 0.5) is 29.2 Å². The molecule has 1 aromatic heterocycles. The molecule has 0 spiro atoms. The van der Waals surface area contributed by atoms with Gasteiger partial charge in [-0.1, -0.05) is 24.3 Å². The lowest BCUT2D eigenvalue weighted by molar-refractivity contribution is 0.00877. The fraction of sp³-hybridized carbons (Fsp3) is 0.565. The molecule has 2 aliphatic rings. The molecule has 1 aliphatic heterocycles. The molecule has 5 nitrogen and oxygen atoms in total. The van der Waals surface area contributed by atoms with Crippen LogP contribution in [-0.2, 0) is 17.2 Å². The van der Waals surface area contributed by atoms with Crippen molar-refractivity contribution in [2.45, 2.75) is 51.1 Å². The minimum Gasteiger partial charge on any atom is -0.381 e. The third-order valence-electron chi connectivity index (χ3n) is 6.31. The van der Waals surface area contributed by atoms with Crippen molar-refractivity contribution in [3.8, 4) is 0 Å². The Balaban J connectivity index is 1.51. The molecule has 1 aromatic carbocycles. The third-order valence-corrected chi connectivity index (χ3v) is 6.31. The molecule has 0 bridgehead atoms. The zero-order chi connectivity index (χ0) is 22.8. The summed E-state index contributed by atoms with van der Waals surface area (Å²) in [6, 6.07) is 6.20. The van der Waals surface area contributed by atoms with Crippen LogP contribution in [0.3, 0.4) is 0 Å². The molecule has 0 amide bonds. The maximum Gasteiger partial charge on any atom is 0.270 e. The van der Waals surface area contributed by atoms with Gasteiger partial charge < -0.3 is 15.0 Å². The van der Waals surface area contributed by atoms with E-state index in [-0.39, 0.29) is 29.8 Å². The second-order valence-electron chi connectivity index (χ2n) is 8.90. The Bertz CT molecular complexity index is 909. The molecule has 32 heavy (non-hydrogen) atoms. The summed E-state index contributed by atoms with van der Waals surface area (Å²) < 4.78 is 61.4. The summed E-state index contributed by atoms with van der Waals surface area (Å²) in [5, 5.41) is 2.99. The van der Waals surface area contributed by atoms with Gasteiger partial charge in [0.2, 0.25) is 5.82 Å². The molecular formula is C23H28F4N4O. The number of hydrogen-bond donors (Lipinski definition) is 1. The third kappa shape index (κ3) is 5.14. The Kier molecular flexibility index (Phi) is 6.55. The minimum atomic E-state index is -2.91. The van der Waals surface area contributed by atoms with Crippen LogP contribution < -0.4 is 10.2 Å². The van der Waals surface area contributed by atoms with Gasteiger partial charge in [-0.2, -0.15) is 4.39 Å². The normalized spacial score (nSPS) is 18.4. The first-order valence-electron chi connectivity index (χ1n) is 10.9. The van der Waals surface area contributed by atoms with E-state index in [0.717, 1.165) is 25.3 Å². The van der Waals surface area contributed by atoms with Gasteiger partial charge in [-0.3, -0.25) is 4.39 Å². The summed E-state index contributed by atoms with van der Waals surface area (Å²) in [5.74, 6) is -3.29. The number of hydrogen-bond acceptors (Lipinski definition) is 5. The van der Waals surface area contributed by atoms with Crippen molar-refractivity contribution in [1.82, 2.24) is 9.97 Å². The van der Waals surface area contributed by atoms with Crippen molar-refractivity contribution in [3.63, 3.8) is 0 Å². The van der Waals surface area contributed by atoms with Crippen molar-refractivity contribution in [3.05, 3.63) is 47.5 Å². The summed E-state index contributed by atoms with van der Waals surface area (Å²) in [6.45, 7) is 1.93. The second-order valence-corrected chi connectivity index (χ2v) is 8.90. The van der Waals surface area contributed by atoms with E-state index in [0.29, 0.717) is 32.6 Å². The van der Waals surface area contributed by atoms with E-state index in [2.05, 4.69) is 15.3 Å². The van der Waals surface area contributed by atoms with Gasteiger partial charge >= 0.3 is 0 Å². The smallest absolute Gasteiger partial charge is 0.270 e. The summed E-state index contributed by atoms with van der Waals surface area (Å²) >= 11 is 0. The zero-order valence-electron chi connectivity index (χ0n) is 18.1. The van der Waals surface area contributed by atoms with Crippen molar-refractivity contribution >= 4 is 11.6 Å². The Morgan fingerprint density at radius 3 is 2.44 bits per heavy atom. The molecule has 1 saturated carbocycles. The fourth-order valence-corrected chi connectivity index (χ4v) is 3.98. The predicted molar refractivity (Wildman–Crippen MR) is 114 cm³/mol. The number of anilines is 2. The highest BCUT2D eigenvalue weighted by atomic mass is 19.3. The molecular weight excluding hydrogens is 424 g/mol. The fourth-order valence-electron chi connectivity index (χ4n) is 3.98. The summed E-state index contributed by atoms with van der Waals surface area (Å²) in [6.07, 6.45) is 4.24. The maximum atomic E-state index is 15.4. The predicted octanol–water partition coefficient (Wildman–Crippen LogP) is 5.07. The van der Waals surface area contributed by atoms with Gasteiger partial charge in [0, 0.05) is 50.2 Å². The van der Waals surface area contributed by atoms with Gasteiger partial charge in [0.25, 0.3) is 5.92 Å². The van der Waals surface area contributed by atoms with E-state index in [4.69, 9.17) is 4.74 Å². The van der Waals surface area contributed by atoms with E-state index in [9.17, 15) is 13.2 Å². The first-order chi connectivity index (χ1) is 15.3. The number of nitrogens with one attached hydrogen (secondary N) is 1. The molecule has 2 fully saturated rings. The molecule has 1 aliphatic carbocycles. The second kappa shape index (κ2) is 9.21. The van der Waals surface area contributed by atoms with Crippen LogP contribution in [0, 0.1) is 11.2 Å². The van der Waals surface area contributed by atoms with Crippen LogP contribution in [-0.4, -0.2) is 42.4 Å². The van der Waals surface area contributed by atoms with Crippen LogP contribution in [0.15, 0.2) is 30.6 Å². The lowest BCUT2D eigenvalue weighted by atomic mass is 9.81. The van der Waals surface area contributed by atoms with E-state index >= 15 is 4.39 Å². The minimum absolute atomic E-state index is 0.0425. The van der Waals surface area contributed by atoms with Crippen LogP contribution in [0.5, 0.6) is 0 Å². The average molecular weight is 452 g/mol. The summed E-state index contributed by atoms with van der Waals surface area (Å²) in [7, 11) is 0. The number of aromatic nitrogens is 2. The molecule has 2 aromatic rings. The standard InChI is InChI=1S/C23H28F4N4O/c1-22(26,27)17-4-2-16(3-5-17)12-31(18-6-7-18)21-19(25)20(29-15-30-21)28-14-23(13-24)8-10-32-11-9-23/h2-5,15,18H,6-14H2,1H3,(H,28,29,30). The Morgan fingerprint density at radius 2 is 1.84 bits per heavy atom. The maximum absolute atomic E-state index is 15.4. The lowest BCUT2D eigenvalue weighted by Crippen LogP contribution is -2.38. The monoisotopic (exact) mass is 452 g/mol. The molecule has 174 valence electrons. The highest BCUT2D eigenvalue weighted by Gasteiger charge is 2.35. The molecule has 2 heterocycles. The molecule has 0 radical (unpaired) electrons. The molecule has 0 atom stereocenters. The highest BCUT2D eigenvalue weighted by Crippen LogP contribution is 2.36. The lowest BCUT2D eigenvalue weighted by Gasteiger charge is -2.35. The van der Waals surface area contributed by atoms with Crippen molar-refractivity contribution in [2.24, 2.45) is 5.41 Å². The van der Waals surface area contributed by atoms with Crippen LogP contribution >= 0.6 is 0 Å². The highest BCUT2D eigenvalue weighted by molar-refractivity contribution is 5.52. The van der Waals surface area contributed by atoms with Crippen molar-refractivity contribution < 1.29 is 22.3 Å². The topological polar surface area (TPSA) is 50.3 Å². The van der Waals surface area contributed by atoms with Crippen LogP contribution in [0.25, 0.3) is 0 Å². The number of halogens is 4. The van der Waals surface area contributed by atoms with Gasteiger partial charge in [-0.05, 0) is 31.2 Å². The van der Waals surface area contributed by atoms with Gasteiger partial charge in [0.15, 0.2) is 11.6 Å². The molecule has 1 saturated heterocycles. The van der Waals surface area contributed by atoms with Gasteiger partial charge in [0.1, 0.15) is 6.33 Å². The number of nitrogens with zero attached hydrogens (tertiary/aromatic N) is 3. The van der Waals surface area contributed by atoms with E-state index < -0.39 is 23.8 Å². The SMILES string of the molecule is CC(F)(F)c1ccc(CN(c2ncnc(NCC3(CF)CCOCC3)c2F)C2CC2)cc1. The van der Waals surface area contributed by atoms with Gasteiger partial charge in [-0.15, -0.1) is 0 Å². The van der Waals surface area contributed by atoms with E-state index in [1.807, 2.05) is 4.90 Å². The Morgan fingerprint density at radius 1 is 1.16 bits per heavy atom. The average Bonchev–Trinajstić information content (AvgIpc) is 3.63. The molecule has 9 heteroatoms. The van der Waals surface area contributed by atoms with Crippen LogP contribution in [0.2, 0.25) is 0 Å². The largest absolute Gasteiger partial charge is 0.381 e. The summed E-state index contributed by atoms with van der Waals surface area (Å²) in [5.41, 5.74) is 0.138. The van der Waals surface area contributed by atoms with Crippen molar-refractivity contribution in [2.75, 3.05) is 36.6 Å². The first kappa shape index (κ1) is 22.8. The van der Waals surface area contributed by atoms with Crippen molar-refractivity contribution in [1.29, 1.82) is 0 Å². The van der Waals surface area contributed by atoms with E-state index in [1.54, 1.807) is 12.1 Å². The van der Waals surface area contributed by atoms with E-state index in [1.165, 1.54) is 18.5 Å². The first-order valence-corrected chi connectivity index (χ1v) is 10.9. The zero-order valence-corrected chi connectivity index (χ0v) is 18.1. The number of benzene rings is 1. The number of rotatable bonds is 9. The van der Waals surface area contributed by atoms with Crippen LogP contribution in [0.1, 0.15) is 43.7 Å². The van der Waals surface area contributed by atoms with Gasteiger partial charge in [0.05, 0.1) is 6.67 Å². The Hall–Kier alpha value is -2.42. The molecule has 0 unspecified atom stereocenters. The number of ether oxygens (including phenoxy) is 1. The quantitative estimate of drug-likeness (QED) is 0.538. The summed E-state index contributed by atoms with van der Waals surface area (Å²) in [4.78, 5) is 10.1. The molecule has 1 N–H and O–H groups in total. The number of alkyl halides is 3. The van der Waals surface area contributed by atoms with Gasteiger partial charge in [-0.25, -0.2) is 18.7 Å². The Labute approximate surface area is 185 Å². The molecule has 4 rings (SSSR count).